The van der Waals surface area contributed by atoms with Crippen molar-refractivity contribution in [3.63, 3.8) is 0 Å². The van der Waals surface area contributed by atoms with Gasteiger partial charge in [0.25, 0.3) is 0 Å². The minimum atomic E-state index is 0.0619. The first kappa shape index (κ1) is 12.7. The summed E-state index contributed by atoms with van der Waals surface area (Å²) >= 11 is 6.28. The molecule has 1 fully saturated rings. The molecule has 94 valence electrons. The molecule has 2 nitrogen and oxygen atoms in total. The smallest absolute Gasteiger partial charge is 0.0702 e. The van der Waals surface area contributed by atoms with Gasteiger partial charge in [0, 0.05) is 18.7 Å². The summed E-state index contributed by atoms with van der Waals surface area (Å²) in [5, 5.41) is 10.2. The normalized spacial score (nSPS) is 17.6. The van der Waals surface area contributed by atoms with Crippen LogP contribution in [0, 0.1) is 0 Å². The molecule has 2 rings (SSSR count). The summed E-state index contributed by atoms with van der Waals surface area (Å²) in [6.07, 6.45) is 6.39. The van der Waals surface area contributed by atoms with E-state index in [1.54, 1.807) is 0 Å². The number of hydrogen-bond acceptors (Lipinski definition) is 2. The highest BCUT2D eigenvalue weighted by molar-refractivity contribution is 6.33. The van der Waals surface area contributed by atoms with Crippen LogP contribution in [-0.4, -0.2) is 18.2 Å². The Morgan fingerprint density at radius 3 is 2.35 bits per heavy atom. The van der Waals surface area contributed by atoms with Crippen LogP contribution in [0.3, 0.4) is 0 Å². The molecule has 1 aliphatic rings. The summed E-state index contributed by atoms with van der Waals surface area (Å²) in [4.78, 5) is 2.34. The van der Waals surface area contributed by atoms with E-state index in [4.69, 9.17) is 11.6 Å². The predicted molar refractivity (Wildman–Crippen MR) is 72.7 cm³/mol. The van der Waals surface area contributed by atoms with E-state index >= 15 is 0 Å². The van der Waals surface area contributed by atoms with Crippen LogP contribution in [-0.2, 0) is 6.61 Å². The van der Waals surface area contributed by atoms with Crippen LogP contribution in [0.2, 0.25) is 5.02 Å². The summed E-state index contributed by atoms with van der Waals surface area (Å²) in [6.45, 7) is 2.17. The Morgan fingerprint density at radius 1 is 1.06 bits per heavy atom. The van der Waals surface area contributed by atoms with Crippen LogP contribution < -0.4 is 4.90 Å². The Labute approximate surface area is 108 Å². The Hall–Kier alpha value is -0.730. The van der Waals surface area contributed by atoms with Crippen molar-refractivity contribution >= 4 is 17.3 Å². The molecule has 0 aliphatic carbocycles. The second-order valence-corrected chi connectivity index (χ2v) is 5.07. The second kappa shape index (κ2) is 6.27. The maximum absolute atomic E-state index is 9.41. The van der Waals surface area contributed by atoms with Crippen LogP contribution in [0.4, 0.5) is 5.69 Å². The third-order valence-electron chi connectivity index (χ3n) is 3.41. The van der Waals surface area contributed by atoms with Gasteiger partial charge in [0.1, 0.15) is 0 Å². The molecule has 1 aromatic carbocycles. The summed E-state index contributed by atoms with van der Waals surface area (Å²) in [7, 11) is 0. The molecule has 1 saturated heterocycles. The number of nitrogens with zero attached hydrogens (tertiary/aromatic N) is 1. The van der Waals surface area contributed by atoms with E-state index in [2.05, 4.69) is 4.90 Å². The van der Waals surface area contributed by atoms with Gasteiger partial charge in [0.05, 0.1) is 17.3 Å². The van der Waals surface area contributed by atoms with Crippen molar-refractivity contribution in [3.8, 4) is 0 Å². The van der Waals surface area contributed by atoms with Gasteiger partial charge in [0.2, 0.25) is 0 Å². The topological polar surface area (TPSA) is 23.5 Å². The van der Waals surface area contributed by atoms with Crippen molar-refractivity contribution < 1.29 is 5.11 Å². The quantitative estimate of drug-likeness (QED) is 0.871. The van der Waals surface area contributed by atoms with Gasteiger partial charge in [-0.15, -0.1) is 0 Å². The molecule has 1 aromatic rings. The summed E-state index contributed by atoms with van der Waals surface area (Å²) in [6, 6.07) is 5.77. The largest absolute Gasteiger partial charge is 0.392 e. The Kier molecular flexibility index (Phi) is 4.69. The van der Waals surface area contributed by atoms with Crippen LogP contribution in [0.15, 0.2) is 18.2 Å². The zero-order valence-corrected chi connectivity index (χ0v) is 10.9. The van der Waals surface area contributed by atoms with E-state index in [1.165, 1.54) is 32.1 Å². The fraction of sp³-hybridized carbons (Fsp3) is 0.571. The van der Waals surface area contributed by atoms with Gasteiger partial charge in [-0.2, -0.15) is 0 Å². The first-order valence-electron chi connectivity index (χ1n) is 6.46. The third kappa shape index (κ3) is 3.14. The molecule has 17 heavy (non-hydrogen) atoms. The average molecular weight is 254 g/mol. The van der Waals surface area contributed by atoms with E-state index < -0.39 is 0 Å². The van der Waals surface area contributed by atoms with Crippen LogP contribution in [0.1, 0.15) is 37.7 Å². The predicted octanol–water partition coefficient (Wildman–Crippen LogP) is 3.60. The van der Waals surface area contributed by atoms with E-state index in [-0.39, 0.29) is 6.61 Å². The van der Waals surface area contributed by atoms with Gasteiger partial charge in [0.15, 0.2) is 0 Å². The van der Waals surface area contributed by atoms with E-state index in [0.717, 1.165) is 29.4 Å². The maximum Gasteiger partial charge on any atom is 0.0702 e. The monoisotopic (exact) mass is 253 g/mol. The Bertz CT molecular complexity index is 359. The van der Waals surface area contributed by atoms with Gasteiger partial charge in [-0.25, -0.2) is 0 Å². The zero-order valence-electron chi connectivity index (χ0n) is 10.2. The first-order chi connectivity index (χ1) is 8.33. The summed E-state index contributed by atoms with van der Waals surface area (Å²) in [5.74, 6) is 0. The molecule has 0 radical (unpaired) electrons. The van der Waals surface area contributed by atoms with Gasteiger partial charge in [-0.1, -0.05) is 43.0 Å². The number of rotatable bonds is 2. The van der Waals surface area contributed by atoms with E-state index in [9.17, 15) is 5.11 Å². The highest BCUT2D eigenvalue weighted by Crippen LogP contribution is 2.31. The molecule has 0 atom stereocenters. The average Bonchev–Trinajstić information content (AvgIpc) is 2.29. The van der Waals surface area contributed by atoms with Crippen molar-refractivity contribution in [2.75, 3.05) is 18.0 Å². The molecule has 0 bridgehead atoms. The number of aliphatic hydroxyl groups is 1. The maximum atomic E-state index is 9.41. The first-order valence-corrected chi connectivity index (χ1v) is 6.84. The highest BCUT2D eigenvalue weighted by Gasteiger charge is 2.15. The molecule has 3 heteroatoms. The Balaban J connectivity index is 2.23. The number of para-hydroxylation sites is 1. The van der Waals surface area contributed by atoms with Crippen molar-refractivity contribution in [1.29, 1.82) is 0 Å². The van der Waals surface area contributed by atoms with Crippen LogP contribution >= 0.6 is 11.6 Å². The fourth-order valence-electron chi connectivity index (χ4n) is 2.51. The molecule has 0 unspecified atom stereocenters. The van der Waals surface area contributed by atoms with Crippen molar-refractivity contribution in [3.05, 3.63) is 28.8 Å². The fourth-order valence-corrected chi connectivity index (χ4v) is 2.83. The van der Waals surface area contributed by atoms with Gasteiger partial charge in [-0.05, 0) is 18.9 Å². The number of hydrogen-bond donors (Lipinski definition) is 1. The molecule has 1 aliphatic heterocycles. The minimum absolute atomic E-state index is 0.0619. The van der Waals surface area contributed by atoms with E-state index in [0.29, 0.717) is 0 Å². The lowest BCUT2D eigenvalue weighted by molar-refractivity contribution is 0.282. The highest BCUT2D eigenvalue weighted by atomic mass is 35.5. The molecule has 0 spiro atoms. The zero-order chi connectivity index (χ0) is 12.1. The van der Waals surface area contributed by atoms with Gasteiger partial charge in [-0.3, -0.25) is 0 Å². The standard InChI is InChI=1S/C14H20ClNO/c15-13-8-6-7-12(11-17)14(13)16-9-4-2-1-3-5-10-16/h6-8,17H,1-5,9-11H2. The SMILES string of the molecule is OCc1cccc(Cl)c1N1CCCCCCC1. The second-order valence-electron chi connectivity index (χ2n) is 4.66. The van der Waals surface area contributed by atoms with Gasteiger partial charge < -0.3 is 10.0 Å². The minimum Gasteiger partial charge on any atom is -0.392 e. The molecule has 1 N–H and O–H groups in total. The number of halogens is 1. The van der Waals surface area contributed by atoms with Gasteiger partial charge >= 0.3 is 0 Å². The van der Waals surface area contributed by atoms with Crippen LogP contribution in [0.5, 0.6) is 0 Å². The van der Waals surface area contributed by atoms with Crippen molar-refractivity contribution in [2.24, 2.45) is 0 Å². The lowest BCUT2D eigenvalue weighted by atomic mass is 10.1. The molecule has 0 aromatic heterocycles. The molecule has 0 saturated carbocycles. The number of benzene rings is 1. The molecular formula is C14H20ClNO. The lowest BCUT2D eigenvalue weighted by Gasteiger charge is -2.29. The Morgan fingerprint density at radius 2 is 1.71 bits per heavy atom. The molecule has 1 heterocycles. The summed E-state index contributed by atoms with van der Waals surface area (Å²) < 4.78 is 0. The number of aliphatic hydroxyl groups excluding tert-OH is 1. The molecule has 0 amide bonds. The molecular weight excluding hydrogens is 234 g/mol. The van der Waals surface area contributed by atoms with E-state index in [1.807, 2.05) is 18.2 Å². The summed E-state index contributed by atoms with van der Waals surface area (Å²) in [5.41, 5.74) is 1.98. The van der Waals surface area contributed by atoms with Crippen molar-refractivity contribution in [1.82, 2.24) is 0 Å². The van der Waals surface area contributed by atoms with Crippen molar-refractivity contribution in [2.45, 2.75) is 38.7 Å². The van der Waals surface area contributed by atoms with Crippen LogP contribution in [0.25, 0.3) is 0 Å². The number of anilines is 1. The lowest BCUT2D eigenvalue weighted by Crippen LogP contribution is -2.28. The third-order valence-corrected chi connectivity index (χ3v) is 3.72.